The number of carboxylic acids is 1. The standard InChI is InChI=1S/C27H22N4O4S/c32-23(29-17-8-2-1-3-9-17)16-31-25(24(30-27(31)36)20-12-6-7-15-28-20)22-14-13-21(35-22)18-10-4-5-11-19(18)26(33)34/h1-15,24-25H,16H2,(H,29,32)(H,30,36)(H,33,34)/t24-,25+/m1/s1. The molecule has 1 amide bonds. The number of nitrogens with zero attached hydrogens (tertiary/aromatic N) is 2. The van der Waals surface area contributed by atoms with E-state index in [1.807, 2.05) is 48.5 Å². The molecule has 4 aromatic rings. The highest BCUT2D eigenvalue weighted by Crippen LogP contribution is 2.40. The van der Waals surface area contributed by atoms with Crippen LogP contribution in [0, 0.1) is 0 Å². The molecule has 1 aliphatic heterocycles. The Kier molecular flexibility index (Phi) is 6.46. The number of benzene rings is 2. The molecule has 0 radical (unpaired) electrons. The number of aromatic carboxylic acids is 1. The fraction of sp³-hybridized carbons (Fsp3) is 0.111. The summed E-state index contributed by atoms with van der Waals surface area (Å²) in [6, 6.07) is 24.1. The van der Waals surface area contributed by atoms with Crippen molar-refractivity contribution in [3.05, 3.63) is 108 Å². The number of pyridine rings is 1. The van der Waals surface area contributed by atoms with Crippen LogP contribution in [0.15, 0.2) is 95.5 Å². The molecule has 5 rings (SSSR count). The number of carbonyl (C=O) groups is 2. The summed E-state index contributed by atoms with van der Waals surface area (Å²) in [5, 5.41) is 16.2. The van der Waals surface area contributed by atoms with Crippen molar-refractivity contribution in [1.82, 2.24) is 15.2 Å². The molecule has 8 nitrogen and oxygen atoms in total. The summed E-state index contributed by atoms with van der Waals surface area (Å²) in [6.07, 6.45) is 1.69. The first kappa shape index (κ1) is 23.3. The number of carboxylic acid groups (broad SMARTS) is 1. The van der Waals surface area contributed by atoms with E-state index in [1.54, 1.807) is 41.4 Å². The van der Waals surface area contributed by atoms with Crippen molar-refractivity contribution in [1.29, 1.82) is 0 Å². The van der Waals surface area contributed by atoms with Gasteiger partial charge in [0.25, 0.3) is 0 Å². The second-order valence-electron chi connectivity index (χ2n) is 8.22. The summed E-state index contributed by atoms with van der Waals surface area (Å²) >= 11 is 5.62. The molecule has 180 valence electrons. The van der Waals surface area contributed by atoms with Crippen LogP contribution in [0.2, 0.25) is 0 Å². The van der Waals surface area contributed by atoms with E-state index < -0.39 is 12.0 Å². The summed E-state index contributed by atoms with van der Waals surface area (Å²) in [6.45, 7) is -0.0174. The van der Waals surface area contributed by atoms with Gasteiger partial charge in [0.2, 0.25) is 5.91 Å². The van der Waals surface area contributed by atoms with Gasteiger partial charge in [-0.3, -0.25) is 9.78 Å². The molecule has 1 aliphatic rings. The Hall–Kier alpha value is -4.50. The fourth-order valence-electron chi connectivity index (χ4n) is 4.30. The minimum atomic E-state index is -1.04. The fourth-order valence-corrected chi connectivity index (χ4v) is 4.61. The molecule has 2 aromatic carbocycles. The van der Waals surface area contributed by atoms with Crippen LogP contribution < -0.4 is 10.6 Å². The lowest BCUT2D eigenvalue weighted by Crippen LogP contribution is -2.36. The Morgan fingerprint density at radius 3 is 2.50 bits per heavy atom. The average Bonchev–Trinajstić information content (AvgIpc) is 3.50. The molecule has 3 N–H and O–H groups in total. The van der Waals surface area contributed by atoms with Gasteiger partial charge in [0, 0.05) is 17.4 Å². The Bertz CT molecular complexity index is 1410. The molecule has 1 saturated heterocycles. The molecule has 0 bridgehead atoms. The topological polar surface area (TPSA) is 108 Å². The molecule has 2 aromatic heterocycles. The SMILES string of the molecule is O=C(CN1C(=S)N[C@H](c2ccccn2)[C@@H]1c1ccc(-c2ccccc2C(=O)O)o1)Nc1ccccc1. The van der Waals surface area contributed by atoms with Crippen molar-refractivity contribution in [2.45, 2.75) is 12.1 Å². The van der Waals surface area contributed by atoms with E-state index >= 15 is 0 Å². The van der Waals surface area contributed by atoms with E-state index in [9.17, 15) is 14.7 Å². The minimum Gasteiger partial charge on any atom is -0.478 e. The zero-order chi connectivity index (χ0) is 25.1. The van der Waals surface area contributed by atoms with E-state index in [4.69, 9.17) is 16.6 Å². The molecule has 9 heteroatoms. The average molecular weight is 499 g/mol. The number of rotatable bonds is 7. The first-order chi connectivity index (χ1) is 17.5. The Morgan fingerprint density at radius 1 is 1.00 bits per heavy atom. The summed E-state index contributed by atoms with van der Waals surface area (Å²) < 4.78 is 6.21. The van der Waals surface area contributed by atoms with E-state index in [1.165, 1.54) is 6.07 Å². The third kappa shape index (κ3) is 4.69. The highest BCUT2D eigenvalue weighted by Gasteiger charge is 2.42. The summed E-state index contributed by atoms with van der Waals surface area (Å²) in [4.78, 5) is 30.9. The van der Waals surface area contributed by atoms with Crippen molar-refractivity contribution in [3.63, 3.8) is 0 Å². The lowest BCUT2D eigenvalue weighted by Gasteiger charge is -2.25. The van der Waals surface area contributed by atoms with Gasteiger partial charge in [0.1, 0.15) is 24.1 Å². The number of carbonyl (C=O) groups excluding carboxylic acids is 1. The molecule has 0 spiro atoms. The highest BCUT2D eigenvalue weighted by molar-refractivity contribution is 7.80. The van der Waals surface area contributed by atoms with E-state index in [2.05, 4.69) is 15.6 Å². The maximum Gasteiger partial charge on any atom is 0.336 e. The lowest BCUT2D eigenvalue weighted by molar-refractivity contribution is -0.116. The number of furan rings is 1. The molecule has 36 heavy (non-hydrogen) atoms. The Labute approximate surface area is 212 Å². The zero-order valence-electron chi connectivity index (χ0n) is 19.0. The monoisotopic (exact) mass is 498 g/mol. The van der Waals surface area contributed by atoms with Crippen molar-refractivity contribution < 1.29 is 19.1 Å². The van der Waals surface area contributed by atoms with Crippen LogP contribution in [0.1, 0.15) is 33.9 Å². The smallest absolute Gasteiger partial charge is 0.336 e. The van der Waals surface area contributed by atoms with Crippen LogP contribution in [-0.2, 0) is 4.79 Å². The summed E-state index contributed by atoms with van der Waals surface area (Å²) in [7, 11) is 0. The van der Waals surface area contributed by atoms with Gasteiger partial charge in [-0.25, -0.2) is 4.79 Å². The van der Waals surface area contributed by atoms with Gasteiger partial charge in [0.05, 0.1) is 17.3 Å². The van der Waals surface area contributed by atoms with Crippen LogP contribution in [0.25, 0.3) is 11.3 Å². The number of anilines is 1. The Morgan fingerprint density at radius 2 is 1.75 bits per heavy atom. The van der Waals surface area contributed by atoms with E-state index in [0.717, 1.165) is 5.69 Å². The lowest BCUT2D eigenvalue weighted by atomic mass is 10.0. The number of para-hydroxylation sites is 1. The number of amides is 1. The van der Waals surface area contributed by atoms with Gasteiger partial charge in [-0.15, -0.1) is 0 Å². The largest absolute Gasteiger partial charge is 0.478 e. The summed E-state index contributed by atoms with van der Waals surface area (Å²) in [5.74, 6) is -0.340. The number of thiocarbonyl (C=S) groups is 1. The van der Waals surface area contributed by atoms with Crippen molar-refractivity contribution >= 4 is 34.9 Å². The first-order valence-corrected chi connectivity index (χ1v) is 11.7. The first-order valence-electron chi connectivity index (χ1n) is 11.3. The van der Waals surface area contributed by atoms with Crippen LogP contribution in [-0.4, -0.2) is 38.5 Å². The normalized spacial score (nSPS) is 17.0. The quantitative estimate of drug-likeness (QED) is 0.316. The number of hydrogen-bond acceptors (Lipinski definition) is 5. The van der Waals surface area contributed by atoms with Gasteiger partial charge in [-0.2, -0.15) is 0 Å². The number of aromatic nitrogens is 1. The van der Waals surface area contributed by atoms with Gasteiger partial charge < -0.3 is 25.1 Å². The minimum absolute atomic E-state index is 0.0174. The molecule has 0 saturated carbocycles. The predicted molar refractivity (Wildman–Crippen MR) is 138 cm³/mol. The summed E-state index contributed by atoms with van der Waals surface area (Å²) in [5.41, 5.74) is 2.02. The molecule has 0 aliphatic carbocycles. The highest BCUT2D eigenvalue weighted by atomic mass is 32.1. The van der Waals surface area contributed by atoms with Crippen molar-refractivity contribution in [2.24, 2.45) is 0 Å². The molecule has 0 unspecified atom stereocenters. The number of hydrogen-bond donors (Lipinski definition) is 3. The second kappa shape index (κ2) is 10.0. The third-order valence-electron chi connectivity index (χ3n) is 5.91. The molecule has 3 heterocycles. The van der Waals surface area contributed by atoms with Gasteiger partial charge >= 0.3 is 5.97 Å². The van der Waals surface area contributed by atoms with E-state index in [0.29, 0.717) is 27.9 Å². The van der Waals surface area contributed by atoms with Crippen LogP contribution >= 0.6 is 12.2 Å². The van der Waals surface area contributed by atoms with Crippen molar-refractivity contribution in [3.8, 4) is 11.3 Å². The molecular weight excluding hydrogens is 476 g/mol. The maximum absolute atomic E-state index is 12.9. The van der Waals surface area contributed by atoms with Gasteiger partial charge in [-0.1, -0.05) is 42.5 Å². The predicted octanol–water partition coefficient (Wildman–Crippen LogP) is 4.65. The van der Waals surface area contributed by atoms with Gasteiger partial charge in [-0.05, 0) is 54.7 Å². The maximum atomic E-state index is 12.9. The zero-order valence-corrected chi connectivity index (χ0v) is 19.8. The second-order valence-corrected chi connectivity index (χ2v) is 8.61. The molecular formula is C27H22N4O4S. The van der Waals surface area contributed by atoms with E-state index in [-0.39, 0.29) is 24.1 Å². The molecule has 2 atom stereocenters. The van der Waals surface area contributed by atoms with Crippen LogP contribution in [0.5, 0.6) is 0 Å². The third-order valence-corrected chi connectivity index (χ3v) is 6.26. The molecule has 1 fully saturated rings. The van der Waals surface area contributed by atoms with Crippen LogP contribution in [0.3, 0.4) is 0 Å². The van der Waals surface area contributed by atoms with Crippen LogP contribution in [0.4, 0.5) is 5.69 Å². The van der Waals surface area contributed by atoms with Crippen molar-refractivity contribution in [2.75, 3.05) is 11.9 Å². The Balaban J connectivity index is 1.49. The van der Waals surface area contributed by atoms with Gasteiger partial charge in [0.15, 0.2) is 5.11 Å². The number of nitrogens with one attached hydrogen (secondary N) is 2.